The molecular weight excluding hydrogens is 304 g/mol. The number of aromatic nitrogens is 3. The number of sulfone groups is 1. The maximum atomic E-state index is 11.4. The summed E-state index contributed by atoms with van der Waals surface area (Å²) in [6.45, 7) is 0. The molecule has 1 aromatic heterocycles. The van der Waals surface area contributed by atoms with Crippen molar-refractivity contribution in [2.45, 2.75) is 10.1 Å². The van der Waals surface area contributed by atoms with Gasteiger partial charge >= 0.3 is 0 Å². The zero-order valence-corrected chi connectivity index (χ0v) is 12.3. The standard InChI is InChI=1S/C10H12N4O4S2/c1-14-9(12-13-10(14)20(11,17)18)7-3-5-8(6-4-7)19(2,15)16/h3-6H,1-2H3,(H2,11,17,18). The van der Waals surface area contributed by atoms with Crippen LogP contribution in [0.4, 0.5) is 0 Å². The van der Waals surface area contributed by atoms with Gasteiger partial charge in [-0.05, 0) is 24.3 Å². The molecule has 0 atom stereocenters. The Labute approximate surface area is 116 Å². The fraction of sp³-hybridized carbons (Fsp3) is 0.200. The number of hydrogen-bond acceptors (Lipinski definition) is 6. The van der Waals surface area contributed by atoms with Crippen molar-refractivity contribution in [2.24, 2.45) is 12.2 Å². The largest absolute Gasteiger partial charge is 0.300 e. The van der Waals surface area contributed by atoms with Gasteiger partial charge in [-0.25, -0.2) is 22.0 Å². The van der Waals surface area contributed by atoms with Gasteiger partial charge in [0, 0.05) is 18.9 Å². The monoisotopic (exact) mass is 316 g/mol. The Balaban J connectivity index is 2.51. The second-order valence-corrected chi connectivity index (χ2v) is 7.68. The van der Waals surface area contributed by atoms with Crippen LogP contribution in [0.2, 0.25) is 0 Å². The van der Waals surface area contributed by atoms with Crippen LogP contribution in [0.3, 0.4) is 0 Å². The van der Waals surface area contributed by atoms with Gasteiger partial charge in [-0.1, -0.05) is 0 Å². The molecule has 0 unspecified atom stereocenters. The summed E-state index contributed by atoms with van der Waals surface area (Å²) >= 11 is 0. The van der Waals surface area contributed by atoms with E-state index in [2.05, 4.69) is 10.2 Å². The predicted molar refractivity (Wildman–Crippen MR) is 70.9 cm³/mol. The summed E-state index contributed by atoms with van der Waals surface area (Å²) < 4.78 is 46.5. The normalized spacial score (nSPS) is 12.6. The first kappa shape index (κ1) is 14.6. The number of hydrogen-bond donors (Lipinski definition) is 1. The van der Waals surface area contributed by atoms with Crippen LogP contribution in [-0.2, 0) is 26.9 Å². The molecule has 1 heterocycles. The maximum Gasteiger partial charge on any atom is 0.273 e. The van der Waals surface area contributed by atoms with Crippen LogP contribution < -0.4 is 5.14 Å². The number of benzene rings is 1. The third-order valence-corrected chi connectivity index (χ3v) is 4.62. The van der Waals surface area contributed by atoms with Gasteiger partial charge in [0.1, 0.15) is 0 Å². The molecule has 0 saturated carbocycles. The van der Waals surface area contributed by atoms with Crippen LogP contribution in [0.5, 0.6) is 0 Å². The lowest BCUT2D eigenvalue weighted by Gasteiger charge is -2.03. The van der Waals surface area contributed by atoms with Crippen molar-refractivity contribution in [3.8, 4) is 11.4 Å². The minimum Gasteiger partial charge on any atom is -0.300 e. The second-order valence-electron chi connectivity index (χ2n) is 4.21. The molecule has 0 aliphatic carbocycles. The minimum absolute atomic E-state index is 0.162. The molecule has 0 bridgehead atoms. The Morgan fingerprint density at radius 3 is 2.00 bits per heavy atom. The van der Waals surface area contributed by atoms with Crippen LogP contribution in [0.15, 0.2) is 34.3 Å². The lowest BCUT2D eigenvalue weighted by molar-refractivity contribution is 0.580. The van der Waals surface area contributed by atoms with E-state index in [4.69, 9.17) is 5.14 Å². The van der Waals surface area contributed by atoms with E-state index in [1.165, 1.54) is 35.9 Å². The van der Waals surface area contributed by atoms with Gasteiger partial charge in [-0.15, -0.1) is 10.2 Å². The minimum atomic E-state index is -3.96. The van der Waals surface area contributed by atoms with E-state index in [-0.39, 0.29) is 15.9 Å². The van der Waals surface area contributed by atoms with Crippen molar-refractivity contribution in [2.75, 3.05) is 6.26 Å². The highest BCUT2D eigenvalue weighted by atomic mass is 32.2. The number of rotatable bonds is 3. The molecule has 0 saturated heterocycles. The Morgan fingerprint density at radius 2 is 1.60 bits per heavy atom. The van der Waals surface area contributed by atoms with Crippen LogP contribution in [0.1, 0.15) is 0 Å². The highest BCUT2D eigenvalue weighted by Gasteiger charge is 2.19. The van der Waals surface area contributed by atoms with Gasteiger partial charge in [0.15, 0.2) is 15.7 Å². The van der Waals surface area contributed by atoms with Crippen LogP contribution in [0, 0.1) is 0 Å². The molecule has 0 fully saturated rings. The first-order chi connectivity index (χ1) is 9.10. The third kappa shape index (κ3) is 2.71. The van der Waals surface area contributed by atoms with Crippen molar-refractivity contribution >= 4 is 19.9 Å². The Morgan fingerprint density at radius 1 is 1.05 bits per heavy atom. The first-order valence-electron chi connectivity index (χ1n) is 5.33. The van der Waals surface area contributed by atoms with E-state index in [1.807, 2.05) is 0 Å². The maximum absolute atomic E-state index is 11.4. The predicted octanol–water partition coefficient (Wildman–Crippen LogP) is -0.467. The van der Waals surface area contributed by atoms with E-state index in [0.717, 1.165) is 6.26 Å². The van der Waals surface area contributed by atoms with Crippen LogP contribution in [-0.4, -0.2) is 37.9 Å². The van der Waals surface area contributed by atoms with Gasteiger partial charge in [-0.3, -0.25) is 4.57 Å². The molecule has 0 aliphatic rings. The van der Waals surface area contributed by atoms with E-state index in [1.54, 1.807) is 0 Å². The molecule has 0 amide bonds. The molecule has 0 aliphatic heterocycles. The van der Waals surface area contributed by atoms with Crippen molar-refractivity contribution in [3.05, 3.63) is 24.3 Å². The molecule has 2 rings (SSSR count). The highest BCUT2D eigenvalue weighted by molar-refractivity contribution is 7.90. The Bertz CT molecular complexity index is 851. The van der Waals surface area contributed by atoms with Crippen molar-refractivity contribution in [1.82, 2.24) is 14.8 Å². The molecule has 20 heavy (non-hydrogen) atoms. The fourth-order valence-electron chi connectivity index (χ4n) is 1.67. The fourth-order valence-corrected chi connectivity index (χ4v) is 2.92. The zero-order chi connectivity index (χ0) is 15.1. The van der Waals surface area contributed by atoms with Gasteiger partial charge in [0.2, 0.25) is 0 Å². The number of nitrogens with two attached hydrogens (primary N) is 1. The quantitative estimate of drug-likeness (QED) is 0.816. The van der Waals surface area contributed by atoms with E-state index in [0.29, 0.717) is 5.56 Å². The molecule has 108 valence electrons. The van der Waals surface area contributed by atoms with Crippen LogP contribution >= 0.6 is 0 Å². The van der Waals surface area contributed by atoms with E-state index < -0.39 is 19.9 Å². The summed E-state index contributed by atoms with van der Waals surface area (Å²) in [4.78, 5) is 0.162. The molecule has 2 N–H and O–H groups in total. The van der Waals surface area contributed by atoms with Crippen molar-refractivity contribution in [1.29, 1.82) is 0 Å². The summed E-state index contributed by atoms with van der Waals surface area (Å²) in [5.74, 6) is 0.272. The average molecular weight is 316 g/mol. The van der Waals surface area contributed by atoms with E-state index >= 15 is 0 Å². The average Bonchev–Trinajstić information content (AvgIpc) is 2.70. The smallest absolute Gasteiger partial charge is 0.273 e. The molecular formula is C10H12N4O4S2. The molecule has 8 nitrogen and oxygen atoms in total. The third-order valence-electron chi connectivity index (χ3n) is 2.63. The molecule has 0 spiro atoms. The van der Waals surface area contributed by atoms with Gasteiger partial charge in [0.25, 0.3) is 15.2 Å². The molecule has 2 aromatic rings. The van der Waals surface area contributed by atoms with Crippen LogP contribution in [0.25, 0.3) is 11.4 Å². The molecule has 10 heteroatoms. The summed E-state index contributed by atoms with van der Waals surface area (Å²) in [5, 5.41) is 11.9. The molecule has 1 aromatic carbocycles. The lowest BCUT2D eigenvalue weighted by atomic mass is 10.2. The molecule has 0 radical (unpaired) electrons. The zero-order valence-electron chi connectivity index (χ0n) is 10.7. The van der Waals surface area contributed by atoms with Gasteiger partial charge < -0.3 is 0 Å². The summed E-state index contributed by atoms with van der Waals surface area (Å²) in [5.41, 5.74) is 0.530. The Hall–Kier alpha value is -1.78. The Kier molecular flexibility index (Phi) is 3.40. The van der Waals surface area contributed by atoms with Gasteiger partial charge in [-0.2, -0.15) is 0 Å². The highest BCUT2D eigenvalue weighted by Crippen LogP contribution is 2.20. The topological polar surface area (TPSA) is 125 Å². The summed E-state index contributed by atoms with van der Waals surface area (Å²) in [6.07, 6.45) is 1.10. The van der Waals surface area contributed by atoms with Gasteiger partial charge in [0.05, 0.1) is 4.90 Å². The van der Waals surface area contributed by atoms with Crippen molar-refractivity contribution < 1.29 is 16.8 Å². The summed E-state index contributed by atoms with van der Waals surface area (Å²) in [6, 6.07) is 5.87. The van der Waals surface area contributed by atoms with E-state index in [9.17, 15) is 16.8 Å². The number of nitrogens with zero attached hydrogens (tertiary/aromatic N) is 3. The first-order valence-corrected chi connectivity index (χ1v) is 8.77. The number of primary sulfonamides is 1. The SMILES string of the molecule is Cn1c(-c2ccc(S(C)(=O)=O)cc2)nnc1S(N)(=O)=O. The second kappa shape index (κ2) is 4.65. The van der Waals surface area contributed by atoms with Crippen molar-refractivity contribution in [3.63, 3.8) is 0 Å². The number of sulfonamides is 1. The lowest BCUT2D eigenvalue weighted by Crippen LogP contribution is -2.17. The summed E-state index contributed by atoms with van der Waals surface area (Å²) in [7, 11) is -5.79.